The third-order valence-corrected chi connectivity index (χ3v) is 2.75. The Labute approximate surface area is 135 Å². The molecule has 0 fully saturated rings. The van der Waals surface area contributed by atoms with Crippen molar-refractivity contribution in [1.29, 1.82) is 0 Å². The average molecular weight is 358 g/mol. The zero-order valence-electron chi connectivity index (χ0n) is 12.3. The molecule has 0 aromatic carbocycles. The number of aldehydes is 3. The fraction of sp³-hybridized carbons (Fsp3) is 0.750. The Kier molecular flexibility index (Phi) is 13.5. The van der Waals surface area contributed by atoms with Gasteiger partial charge in [0.15, 0.2) is 18.9 Å². The Bertz CT molecular complexity index is 346. The first-order valence-electron chi connectivity index (χ1n) is 6.50. The molecule has 0 unspecified atom stereocenters. The van der Waals surface area contributed by atoms with Gasteiger partial charge in [0.2, 0.25) is 0 Å². The van der Waals surface area contributed by atoms with Crippen LogP contribution in [-0.2, 0) is 14.4 Å². The summed E-state index contributed by atoms with van der Waals surface area (Å²) in [6, 6.07) is 0. The van der Waals surface area contributed by atoms with Crippen molar-refractivity contribution in [3.05, 3.63) is 0 Å². The molecule has 12 nitrogen and oxygen atoms in total. The standard InChI is InChI=1S/C6H12O6.C6H10O6/c2*7-1-3(9)5(11)6(12)4(10)2-8/h1,3-6,8-12H,2H2;1-6,9-12H/t2*3-,4+,5+,6-/m0./s1. The van der Waals surface area contributed by atoms with E-state index in [-0.39, 0.29) is 18.9 Å². The lowest BCUT2D eigenvalue weighted by Gasteiger charge is -2.22. The molecule has 0 aliphatic rings. The van der Waals surface area contributed by atoms with E-state index in [4.69, 9.17) is 46.0 Å². The van der Waals surface area contributed by atoms with Gasteiger partial charge in [-0.1, -0.05) is 0 Å². The summed E-state index contributed by atoms with van der Waals surface area (Å²) >= 11 is 0. The molecule has 0 saturated carbocycles. The van der Waals surface area contributed by atoms with Crippen LogP contribution in [0.2, 0.25) is 0 Å². The van der Waals surface area contributed by atoms with Crippen LogP contribution in [-0.4, -0.2) is 120 Å². The first-order chi connectivity index (χ1) is 11.1. The molecule has 12 heteroatoms. The minimum atomic E-state index is -1.86. The number of carbonyl (C=O) groups is 3. The van der Waals surface area contributed by atoms with Crippen LogP contribution in [0.25, 0.3) is 0 Å². The van der Waals surface area contributed by atoms with Gasteiger partial charge >= 0.3 is 0 Å². The molecule has 0 heterocycles. The second-order valence-corrected chi connectivity index (χ2v) is 4.59. The largest absolute Gasteiger partial charge is 0.394 e. The Balaban J connectivity index is 0. The maximum absolute atomic E-state index is 9.90. The minimum absolute atomic E-state index is 0.00852. The topological polar surface area (TPSA) is 233 Å². The van der Waals surface area contributed by atoms with Crippen molar-refractivity contribution in [3.63, 3.8) is 0 Å². The van der Waals surface area contributed by atoms with E-state index in [0.717, 1.165) is 0 Å². The van der Waals surface area contributed by atoms with Crippen molar-refractivity contribution in [2.45, 2.75) is 48.8 Å². The van der Waals surface area contributed by atoms with E-state index in [9.17, 15) is 14.4 Å². The summed E-state index contributed by atoms with van der Waals surface area (Å²) in [7, 11) is 0. The number of hydrogen-bond donors (Lipinski definition) is 9. The molecule has 24 heavy (non-hydrogen) atoms. The smallest absolute Gasteiger partial charge is 0.151 e. The molecule has 0 spiro atoms. The van der Waals surface area contributed by atoms with Crippen LogP contribution < -0.4 is 0 Å². The van der Waals surface area contributed by atoms with E-state index >= 15 is 0 Å². The summed E-state index contributed by atoms with van der Waals surface area (Å²) < 4.78 is 0. The normalized spacial score (nSPS) is 20.9. The van der Waals surface area contributed by atoms with Crippen molar-refractivity contribution in [2.75, 3.05) is 6.61 Å². The second-order valence-electron chi connectivity index (χ2n) is 4.59. The van der Waals surface area contributed by atoms with Gasteiger partial charge in [-0.3, -0.25) is 0 Å². The van der Waals surface area contributed by atoms with Crippen LogP contribution in [0, 0.1) is 0 Å². The Morgan fingerprint density at radius 1 is 0.542 bits per heavy atom. The molecule has 0 saturated heterocycles. The quantitative estimate of drug-likeness (QED) is 0.166. The van der Waals surface area contributed by atoms with Crippen LogP contribution >= 0.6 is 0 Å². The number of carbonyl (C=O) groups excluding carboxylic acids is 3. The van der Waals surface area contributed by atoms with Gasteiger partial charge < -0.3 is 60.3 Å². The summed E-state index contributed by atoms with van der Waals surface area (Å²) in [5.74, 6) is 0. The van der Waals surface area contributed by atoms with E-state index in [1.807, 2.05) is 0 Å². The van der Waals surface area contributed by atoms with Crippen molar-refractivity contribution >= 4 is 18.9 Å². The maximum atomic E-state index is 9.90. The van der Waals surface area contributed by atoms with Gasteiger partial charge in [-0.25, -0.2) is 0 Å². The maximum Gasteiger partial charge on any atom is 0.151 e. The van der Waals surface area contributed by atoms with E-state index in [0.29, 0.717) is 0 Å². The van der Waals surface area contributed by atoms with Crippen LogP contribution in [0.3, 0.4) is 0 Å². The van der Waals surface area contributed by atoms with Gasteiger partial charge in [-0.05, 0) is 0 Å². The average Bonchev–Trinajstić information content (AvgIpc) is 2.62. The van der Waals surface area contributed by atoms with E-state index in [2.05, 4.69) is 0 Å². The highest BCUT2D eigenvalue weighted by atomic mass is 16.4. The van der Waals surface area contributed by atoms with E-state index < -0.39 is 55.4 Å². The van der Waals surface area contributed by atoms with Gasteiger partial charge in [-0.2, -0.15) is 0 Å². The van der Waals surface area contributed by atoms with Crippen LogP contribution in [0.4, 0.5) is 0 Å². The number of hydrogen-bond acceptors (Lipinski definition) is 12. The number of rotatable bonds is 10. The van der Waals surface area contributed by atoms with Crippen LogP contribution in [0.1, 0.15) is 0 Å². The fourth-order valence-electron chi connectivity index (χ4n) is 1.18. The molecular weight excluding hydrogens is 336 g/mol. The van der Waals surface area contributed by atoms with Crippen molar-refractivity contribution < 1.29 is 60.3 Å². The molecule has 0 radical (unpaired) electrons. The summed E-state index contributed by atoms with van der Waals surface area (Å²) in [5, 5.41) is 78.5. The lowest BCUT2D eigenvalue weighted by atomic mass is 10.0. The molecule has 9 N–H and O–H groups in total. The summed E-state index contributed by atoms with van der Waals surface area (Å²) in [6.07, 6.45) is -14.2. The molecular formula is C12H22O12. The minimum Gasteiger partial charge on any atom is -0.394 e. The highest BCUT2D eigenvalue weighted by Crippen LogP contribution is 2.03. The predicted octanol–water partition coefficient (Wildman–Crippen LogP) is -6.55. The van der Waals surface area contributed by atoms with Gasteiger partial charge in [0.1, 0.15) is 48.8 Å². The molecule has 0 aliphatic heterocycles. The number of aliphatic hydroxyl groups is 9. The monoisotopic (exact) mass is 358 g/mol. The molecule has 8 atom stereocenters. The van der Waals surface area contributed by atoms with Crippen LogP contribution in [0.5, 0.6) is 0 Å². The van der Waals surface area contributed by atoms with Gasteiger partial charge in [-0.15, -0.1) is 0 Å². The lowest BCUT2D eigenvalue weighted by molar-refractivity contribution is -0.140. The zero-order valence-corrected chi connectivity index (χ0v) is 12.3. The summed E-state index contributed by atoms with van der Waals surface area (Å²) in [4.78, 5) is 29.6. The molecule has 0 bridgehead atoms. The Hall–Kier alpha value is -1.35. The molecule has 0 aromatic rings. The SMILES string of the molecule is O=C[C@@H](O)[C@H](O)[C@H](O)[C@@H](O)C=O.O=C[C@H](O)[C@@H](O)[C@@H](O)[C@H](O)CO. The van der Waals surface area contributed by atoms with Crippen LogP contribution in [0.15, 0.2) is 0 Å². The Morgan fingerprint density at radius 2 is 0.792 bits per heavy atom. The third kappa shape index (κ3) is 8.49. The molecule has 0 amide bonds. The zero-order chi connectivity index (χ0) is 19.4. The van der Waals surface area contributed by atoms with Crippen molar-refractivity contribution in [3.8, 4) is 0 Å². The molecule has 142 valence electrons. The Morgan fingerprint density at radius 3 is 1.00 bits per heavy atom. The predicted molar refractivity (Wildman–Crippen MR) is 73.3 cm³/mol. The first-order valence-corrected chi connectivity index (χ1v) is 6.50. The van der Waals surface area contributed by atoms with E-state index in [1.165, 1.54) is 0 Å². The van der Waals surface area contributed by atoms with Crippen molar-refractivity contribution in [1.82, 2.24) is 0 Å². The van der Waals surface area contributed by atoms with Gasteiger partial charge in [0.25, 0.3) is 0 Å². The summed E-state index contributed by atoms with van der Waals surface area (Å²) in [5.41, 5.74) is 0. The second kappa shape index (κ2) is 13.0. The summed E-state index contributed by atoms with van der Waals surface area (Å²) in [6.45, 7) is -0.760. The fourth-order valence-corrected chi connectivity index (χ4v) is 1.18. The third-order valence-electron chi connectivity index (χ3n) is 2.75. The first kappa shape index (κ1) is 24.9. The lowest BCUT2D eigenvalue weighted by Crippen LogP contribution is -2.46. The molecule has 0 rings (SSSR count). The van der Waals surface area contributed by atoms with Gasteiger partial charge in [0, 0.05) is 0 Å². The number of aliphatic hydroxyl groups excluding tert-OH is 9. The van der Waals surface area contributed by atoms with E-state index in [1.54, 1.807) is 0 Å². The molecule has 0 aliphatic carbocycles. The highest BCUT2D eigenvalue weighted by molar-refractivity contribution is 5.59. The highest BCUT2D eigenvalue weighted by Gasteiger charge is 2.30. The molecule has 0 aromatic heterocycles. The van der Waals surface area contributed by atoms with Gasteiger partial charge in [0.05, 0.1) is 6.61 Å². The van der Waals surface area contributed by atoms with Crippen molar-refractivity contribution in [2.24, 2.45) is 0 Å².